The molecule has 0 atom stereocenters. The van der Waals surface area contributed by atoms with Gasteiger partial charge in [-0.3, -0.25) is 0 Å². The number of hydrogen-bond acceptors (Lipinski definition) is 3. The number of nitrogen functional groups attached to an aromatic ring is 1. The number of hydrogen-bond donors (Lipinski definition) is 1. The van der Waals surface area contributed by atoms with E-state index in [2.05, 4.69) is 34.9 Å². The lowest BCUT2D eigenvalue weighted by Crippen LogP contribution is -2.33. The van der Waals surface area contributed by atoms with Crippen molar-refractivity contribution in [3.63, 3.8) is 0 Å². The lowest BCUT2D eigenvalue weighted by Gasteiger charge is -2.30. The molecular weight excluding hydrogens is 282 g/mol. The quantitative estimate of drug-likeness (QED) is 0.836. The van der Waals surface area contributed by atoms with Crippen LogP contribution < -0.4 is 10.6 Å². The lowest BCUT2D eigenvalue weighted by atomic mass is 9.99. The summed E-state index contributed by atoms with van der Waals surface area (Å²) in [4.78, 5) is 5.09. The normalized spacial score (nSPS) is 20.8. The Morgan fingerprint density at radius 1 is 1.04 bits per heavy atom. The summed E-state index contributed by atoms with van der Waals surface area (Å²) in [6.45, 7) is 8.52. The Kier molecular flexibility index (Phi) is 5.82. The first-order chi connectivity index (χ1) is 11.2. The third-order valence-corrected chi connectivity index (χ3v) is 5.60. The van der Waals surface area contributed by atoms with Gasteiger partial charge in [0.1, 0.15) is 0 Å². The van der Waals surface area contributed by atoms with Crippen molar-refractivity contribution >= 4 is 11.4 Å². The van der Waals surface area contributed by atoms with Crippen LogP contribution in [0.1, 0.15) is 51.0 Å². The molecule has 0 amide bonds. The van der Waals surface area contributed by atoms with Crippen LogP contribution >= 0.6 is 0 Å². The minimum absolute atomic E-state index is 0.924. The van der Waals surface area contributed by atoms with Crippen LogP contribution in [0.15, 0.2) is 18.2 Å². The van der Waals surface area contributed by atoms with Crippen molar-refractivity contribution in [1.82, 2.24) is 4.90 Å². The van der Waals surface area contributed by atoms with Crippen LogP contribution in [0.4, 0.5) is 11.4 Å². The number of nitrogens with two attached hydrogens (primary N) is 1. The van der Waals surface area contributed by atoms with E-state index in [0.717, 1.165) is 31.1 Å². The Balaban J connectivity index is 1.48. The summed E-state index contributed by atoms with van der Waals surface area (Å²) in [6.07, 6.45) is 9.11. The van der Waals surface area contributed by atoms with Crippen molar-refractivity contribution in [1.29, 1.82) is 0 Å². The van der Waals surface area contributed by atoms with Gasteiger partial charge in [-0.1, -0.05) is 13.0 Å². The van der Waals surface area contributed by atoms with Gasteiger partial charge in [-0.25, -0.2) is 0 Å². The van der Waals surface area contributed by atoms with Gasteiger partial charge in [-0.15, -0.1) is 0 Å². The summed E-state index contributed by atoms with van der Waals surface area (Å²) in [5.41, 5.74) is 9.94. The van der Waals surface area contributed by atoms with Gasteiger partial charge in [-0.2, -0.15) is 0 Å². The molecule has 3 heteroatoms. The zero-order chi connectivity index (χ0) is 16.1. The van der Waals surface area contributed by atoms with E-state index in [9.17, 15) is 0 Å². The van der Waals surface area contributed by atoms with Gasteiger partial charge in [0.05, 0.1) is 11.4 Å². The van der Waals surface area contributed by atoms with Crippen molar-refractivity contribution in [3.05, 3.63) is 23.8 Å². The minimum atomic E-state index is 0.924. The standard InChI is InChI=1S/C20H33N3/c1-17-9-14-22(15-10-17)11-5-6-18-7-8-20(19(21)16-18)23-12-3-2-4-13-23/h7-8,16-17H,2-6,9-15,21H2,1H3. The highest BCUT2D eigenvalue weighted by Crippen LogP contribution is 2.27. The number of piperidine rings is 2. The van der Waals surface area contributed by atoms with E-state index in [1.165, 1.54) is 69.4 Å². The summed E-state index contributed by atoms with van der Waals surface area (Å²) in [5, 5.41) is 0. The fourth-order valence-electron chi connectivity index (χ4n) is 3.97. The van der Waals surface area contributed by atoms with E-state index in [1.807, 2.05) is 0 Å². The summed E-state index contributed by atoms with van der Waals surface area (Å²) in [6, 6.07) is 6.75. The summed E-state index contributed by atoms with van der Waals surface area (Å²) < 4.78 is 0. The maximum absolute atomic E-state index is 6.33. The number of likely N-dealkylation sites (tertiary alicyclic amines) is 1. The highest BCUT2D eigenvalue weighted by atomic mass is 15.1. The van der Waals surface area contributed by atoms with Gasteiger partial charge in [0.15, 0.2) is 0 Å². The van der Waals surface area contributed by atoms with Gasteiger partial charge < -0.3 is 15.5 Å². The van der Waals surface area contributed by atoms with Crippen molar-refractivity contribution in [2.24, 2.45) is 5.92 Å². The van der Waals surface area contributed by atoms with Crippen molar-refractivity contribution in [2.45, 2.75) is 51.9 Å². The summed E-state index contributed by atoms with van der Waals surface area (Å²) >= 11 is 0. The topological polar surface area (TPSA) is 32.5 Å². The molecule has 0 bridgehead atoms. The predicted octanol–water partition coefficient (Wildman–Crippen LogP) is 3.92. The third kappa shape index (κ3) is 4.63. The van der Waals surface area contributed by atoms with Crippen LogP contribution in [0, 0.1) is 5.92 Å². The smallest absolute Gasteiger partial charge is 0.0600 e. The highest BCUT2D eigenvalue weighted by Gasteiger charge is 2.16. The zero-order valence-electron chi connectivity index (χ0n) is 14.8. The SMILES string of the molecule is CC1CCN(CCCc2ccc(N3CCCCC3)c(N)c2)CC1. The van der Waals surface area contributed by atoms with E-state index in [4.69, 9.17) is 5.73 Å². The average molecular weight is 316 g/mol. The molecule has 2 heterocycles. The molecule has 23 heavy (non-hydrogen) atoms. The number of anilines is 2. The van der Waals surface area contributed by atoms with Crippen molar-refractivity contribution in [3.8, 4) is 0 Å². The first kappa shape index (κ1) is 16.6. The first-order valence-electron chi connectivity index (χ1n) is 9.58. The number of benzene rings is 1. The van der Waals surface area contributed by atoms with Crippen LogP contribution in [-0.4, -0.2) is 37.6 Å². The molecule has 0 aliphatic carbocycles. The third-order valence-electron chi connectivity index (χ3n) is 5.60. The molecule has 3 rings (SSSR count). The van der Waals surface area contributed by atoms with E-state index < -0.39 is 0 Å². The van der Waals surface area contributed by atoms with Gasteiger partial charge in [0.2, 0.25) is 0 Å². The second kappa shape index (κ2) is 8.05. The van der Waals surface area contributed by atoms with Gasteiger partial charge >= 0.3 is 0 Å². The van der Waals surface area contributed by atoms with Crippen LogP contribution in [0.25, 0.3) is 0 Å². The average Bonchev–Trinajstić information content (AvgIpc) is 2.58. The molecular formula is C20H33N3. The molecule has 0 saturated carbocycles. The fourth-order valence-corrected chi connectivity index (χ4v) is 3.97. The Morgan fingerprint density at radius 3 is 2.48 bits per heavy atom. The second-order valence-corrected chi connectivity index (χ2v) is 7.57. The monoisotopic (exact) mass is 315 g/mol. The molecule has 2 aliphatic heterocycles. The maximum Gasteiger partial charge on any atom is 0.0600 e. The van der Waals surface area contributed by atoms with E-state index >= 15 is 0 Å². The largest absolute Gasteiger partial charge is 0.397 e. The van der Waals surface area contributed by atoms with Crippen molar-refractivity contribution < 1.29 is 0 Å². The fraction of sp³-hybridized carbons (Fsp3) is 0.700. The van der Waals surface area contributed by atoms with Gasteiger partial charge in [-0.05, 0) is 88.2 Å². The van der Waals surface area contributed by atoms with Crippen LogP contribution in [-0.2, 0) is 6.42 Å². The van der Waals surface area contributed by atoms with Gasteiger partial charge in [0.25, 0.3) is 0 Å². The molecule has 0 aromatic heterocycles. The molecule has 0 spiro atoms. The van der Waals surface area contributed by atoms with Crippen LogP contribution in [0.3, 0.4) is 0 Å². The molecule has 2 aliphatic rings. The summed E-state index contributed by atoms with van der Waals surface area (Å²) in [7, 11) is 0. The first-order valence-corrected chi connectivity index (χ1v) is 9.58. The highest BCUT2D eigenvalue weighted by molar-refractivity contribution is 5.68. The zero-order valence-corrected chi connectivity index (χ0v) is 14.8. The second-order valence-electron chi connectivity index (χ2n) is 7.57. The molecule has 128 valence electrons. The minimum Gasteiger partial charge on any atom is -0.397 e. The van der Waals surface area contributed by atoms with E-state index in [1.54, 1.807) is 0 Å². The Bertz CT molecular complexity index is 486. The predicted molar refractivity (Wildman–Crippen MR) is 100 cm³/mol. The Hall–Kier alpha value is -1.22. The molecule has 2 saturated heterocycles. The maximum atomic E-state index is 6.33. The molecule has 0 radical (unpaired) electrons. The van der Waals surface area contributed by atoms with Crippen LogP contribution in [0.2, 0.25) is 0 Å². The Labute approximate surface area is 141 Å². The van der Waals surface area contributed by atoms with Crippen LogP contribution in [0.5, 0.6) is 0 Å². The lowest BCUT2D eigenvalue weighted by molar-refractivity contribution is 0.191. The summed E-state index contributed by atoms with van der Waals surface area (Å²) in [5.74, 6) is 0.924. The Morgan fingerprint density at radius 2 is 1.78 bits per heavy atom. The molecule has 1 aromatic carbocycles. The molecule has 1 aromatic rings. The molecule has 2 N–H and O–H groups in total. The number of rotatable bonds is 5. The number of nitrogens with zero attached hydrogens (tertiary/aromatic N) is 2. The molecule has 2 fully saturated rings. The molecule has 0 unspecified atom stereocenters. The molecule has 3 nitrogen and oxygen atoms in total. The van der Waals surface area contributed by atoms with Crippen molar-refractivity contribution in [2.75, 3.05) is 43.4 Å². The van der Waals surface area contributed by atoms with E-state index in [-0.39, 0.29) is 0 Å². The van der Waals surface area contributed by atoms with Gasteiger partial charge in [0, 0.05) is 13.1 Å². The van der Waals surface area contributed by atoms with E-state index in [0.29, 0.717) is 0 Å². The number of aryl methyl sites for hydroxylation is 1.